The number of fused-ring (bicyclic) bond motifs is 1. The van der Waals surface area contributed by atoms with Crippen molar-refractivity contribution < 1.29 is 5.11 Å². The Labute approximate surface area is 168 Å². The lowest BCUT2D eigenvalue weighted by atomic mass is 10.1. The van der Waals surface area contributed by atoms with Crippen LogP contribution in [0.15, 0.2) is 37.4 Å². The van der Waals surface area contributed by atoms with E-state index in [4.69, 9.17) is 0 Å². The van der Waals surface area contributed by atoms with Crippen LogP contribution in [0.1, 0.15) is 25.8 Å². The van der Waals surface area contributed by atoms with Gasteiger partial charge in [-0.2, -0.15) is 10.1 Å². The molecule has 3 N–H and O–H groups in total. The van der Waals surface area contributed by atoms with Gasteiger partial charge in [0.2, 0.25) is 5.95 Å². The Hall–Kier alpha value is -2.88. The molecular formula is C18H21BrN6O3. The van der Waals surface area contributed by atoms with Gasteiger partial charge in [0.1, 0.15) is 5.75 Å². The minimum absolute atomic E-state index is 0.0842. The van der Waals surface area contributed by atoms with Crippen molar-refractivity contribution in [2.75, 3.05) is 5.43 Å². The topological polar surface area (TPSA) is 117 Å². The number of H-pyrrole nitrogens is 1. The second-order valence-corrected chi connectivity index (χ2v) is 7.75. The molecule has 9 nitrogen and oxygen atoms in total. The van der Waals surface area contributed by atoms with E-state index in [2.05, 4.69) is 50.3 Å². The normalized spacial score (nSPS) is 11.8. The smallest absolute Gasteiger partial charge is 0.329 e. The molecule has 0 aliphatic heterocycles. The lowest BCUT2D eigenvalue weighted by molar-refractivity contribution is 0.474. The number of imidazole rings is 1. The lowest BCUT2D eigenvalue weighted by Crippen LogP contribution is -2.29. The van der Waals surface area contributed by atoms with Gasteiger partial charge in [-0.1, -0.05) is 29.8 Å². The average molecular weight is 449 g/mol. The van der Waals surface area contributed by atoms with Crippen molar-refractivity contribution in [2.24, 2.45) is 18.1 Å². The van der Waals surface area contributed by atoms with E-state index < -0.39 is 11.2 Å². The number of phenols is 1. The predicted molar refractivity (Wildman–Crippen MR) is 112 cm³/mol. The number of anilines is 1. The molecule has 0 bridgehead atoms. The van der Waals surface area contributed by atoms with E-state index in [0.717, 1.165) is 10.9 Å². The number of aromatic amines is 1. The second-order valence-electron chi connectivity index (χ2n) is 6.83. The highest BCUT2D eigenvalue weighted by molar-refractivity contribution is 9.10. The van der Waals surface area contributed by atoms with Crippen LogP contribution in [0.5, 0.6) is 5.75 Å². The van der Waals surface area contributed by atoms with Crippen molar-refractivity contribution in [3.8, 4) is 5.75 Å². The summed E-state index contributed by atoms with van der Waals surface area (Å²) >= 11 is 3.34. The van der Waals surface area contributed by atoms with Crippen LogP contribution >= 0.6 is 15.9 Å². The number of aryl methyl sites for hydroxylation is 2. The minimum Gasteiger partial charge on any atom is -0.507 e. The second kappa shape index (κ2) is 8.01. The Balaban J connectivity index is 2.02. The fourth-order valence-corrected chi connectivity index (χ4v) is 3.09. The molecule has 0 spiro atoms. The molecule has 2 heterocycles. The van der Waals surface area contributed by atoms with Crippen molar-refractivity contribution in [3.63, 3.8) is 0 Å². The summed E-state index contributed by atoms with van der Waals surface area (Å²) in [4.78, 5) is 31.0. The number of benzene rings is 1. The highest BCUT2D eigenvalue weighted by atomic mass is 79.9. The zero-order valence-corrected chi connectivity index (χ0v) is 17.3. The zero-order chi connectivity index (χ0) is 20.4. The number of aromatic hydroxyl groups is 1. The fraction of sp³-hybridized carbons (Fsp3) is 0.333. The maximum Gasteiger partial charge on any atom is 0.329 e. The van der Waals surface area contributed by atoms with E-state index >= 15 is 0 Å². The zero-order valence-electron chi connectivity index (χ0n) is 15.7. The summed E-state index contributed by atoms with van der Waals surface area (Å²) in [7, 11) is 1.55. The van der Waals surface area contributed by atoms with Gasteiger partial charge in [-0.25, -0.2) is 10.2 Å². The third-order valence-corrected chi connectivity index (χ3v) is 4.79. The van der Waals surface area contributed by atoms with Gasteiger partial charge in [-0.3, -0.25) is 14.3 Å². The van der Waals surface area contributed by atoms with Crippen LogP contribution in [0, 0.1) is 5.92 Å². The standard InChI is InChI=1S/C18H21BrN6O3/c1-10(2)6-7-25-14-15(24(3)18(28)22-16(14)27)21-17(25)23-20-9-11-8-12(19)4-5-13(11)26/h4-5,8-10,26H,6-7H2,1-3H3,(H,21,23)(H,22,27,28). The van der Waals surface area contributed by atoms with Gasteiger partial charge in [0.15, 0.2) is 11.2 Å². The first-order valence-corrected chi connectivity index (χ1v) is 9.54. The van der Waals surface area contributed by atoms with Gasteiger partial charge in [-0.15, -0.1) is 0 Å². The molecule has 0 aliphatic rings. The van der Waals surface area contributed by atoms with E-state index in [-0.39, 0.29) is 11.4 Å². The summed E-state index contributed by atoms with van der Waals surface area (Å²) in [5, 5.41) is 14.0. The number of halogens is 1. The van der Waals surface area contributed by atoms with Crippen molar-refractivity contribution in [1.82, 2.24) is 19.1 Å². The average Bonchev–Trinajstić information content (AvgIpc) is 3.00. The molecule has 0 radical (unpaired) electrons. The SMILES string of the molecule is CC(C)CCn1c(NN=Cc2cc(Br)ccc2O)nc2c1c(=O)[nH]c(=O)n2C. The van der Waals surface area contributed by atoms with Crippen molar-refractivity contribution in [3.05, 3.63) is 49.1 Å². The predicted octanol–water partition coefficient (Wildman–Crippen LogP) is 2.38. The molecule has 3 aromatic rings. The van der Waals surface area contributed by atoms with Crippen LogP contribution in [-0.2, 0) is 13.6 Å². The third kappa shape index (κ3) is 4.01. The Kier molecular flexibility index (Phi) is 5.68. The number of hydrazone groups is 1. The molecule has 148 valence electrons. The third-order valence-electron chi connectivity index (χ3n) is 4.29. The highest BCUT2D eigenvalue weighted by Gasteiger charge is 2.17. The molecule has 0 unspecified atom stereocenters. The highest BCUT2D eigenvalue weighted by Crippen LogP contribution is 2.21. The van der Waals surface area contributed by atoms with Crippen molar-refractivity contribution >= 4 is 39.3 Å². The molecular weight excluding hydrogens is 428 g/mol. The van der Waals surface area contributed by atoms with Gasteiger partial charge in [0.05, 0.1) is 6.21 Å². The summed E-state index contributed by atoms with van der Waals surface area (Å²) in [5.74, 6) is 0.841. The molecule has 10 heteroatoms. The molecule has 0 amide bonds. The number of aromatic nitrogens is 4. The van der Waals surface area contributed by atoms with Crippen LogP contribution in [0.25, 0.3) is 11.2 Å². The van der Waals surface area contributed by atoms with Crippen LogP contribution in [0.4, 0.5) is 5.95 Å². The van der Waals surface area contributed by atoms with Gasteiger partial charge in [0, 0.05) is 23.6 Å². The molecule has 0 saturated carbocycles. The van der Waals surface area contributed by atoms with Gasteiger partial charge in [-0.05, 0) is 30.5 Å². The number of nitrogens with zero attached hydrogens (tertiary/aromatic N) is 4. The molecule has 0 atom stereocenters. The molecule has 28 heavy (non-hydrogen) atoms. The number of phenolic OH excluding ortho intramolecular Hbond substituents is 1. The maximum absolute atomic E-state index is 12.4. The summed E-state index contributed by atoms with van der Waals surface area (Å²) in [6, 6.07) is 4.99. The van der Waals surface area contributed by atoms with Gasteiger partial charge in [0.25, 0.3) is 5.56 Å². The first-order valence-electron chi connectivity index (χ1n) is 8.75. The van der Waals surface area contributed by atoms with Crippen LogP contribution in [-0.4, -0.2) is 30.4 Å². The number of nitrogens with one attached hydrogen (secondary N) is 2. The maximum atomic E-state index is 12.4. The van der Waals surface area contributed by atoms with Crippen LogP contribution in [0.3, 0.4) is 0 Å². The monoisotopic (exact) mass is 448 g/mol. The molecule has 1 aromatic carbocycles. The Morgan fingerprint density at radius 2 is 2.14 bits per heavy atom. The minimum atomic E-state index is -0.528. The first kappa shape index (κ1) is 19.9. The van der Waals surface area contributed by atoms with Crippen molar-refractivity contribution in [2.45, 2.75) is 26.8 Å². The van der Waals surface area contributed by atoms with Crippen molar-refractivity contribution in [1.29, 1.82) is 0 Å². The van der Waals surface area contributed by atoms with Gasteiger partial charge >= 0.3 is 5.69 Å². The van der Waals surface area contributed by atoms with E-state index in [0.29, 0.717) is 29.5 Å². The molecule has 0 fully saturated rings. The summed E-state index contributed by atoms with van der Waals surface area (Å²) in [5.41, 5.74) is 2.90. The Morgan fingerprint density at radius 1 is 1.39 bits per heavy atom. The van der Waals surface area contributed by atoms with E-state index in [1.807, 2.05) is 0 Å². The van der Waals surface area contributed by atoms with Crippen LogP contribution in [0.2, 0.25) is 0 Å². The Morgan fingerprint density at radius 3 is 2.86 bits per heavy atom. The number of hydrogen-bond acceptors (Lipinski definition) is 6. The summed E-state index contributed by atoms with van der Waals surface area (Å²) in [6.45, 7) is 4.70. The first-order chi connectivity index (χ1) is 13.3. The quantitative estimate of drug-likeness (QED) is 0.395. The lowest BCUT2D eigenvalue weighted by Gasteiger charge is -2.09. The molecule has 2 aromatic heterocycles. The van der Waals surface area contributed by atoms with E-state index in [1.165, 1.54) is 10.8 Å². The van der Waals surface area contributed by atoms with Crippen LogP contribution < -0.4 is 16.7 Å². The van der Waals surface area contributed by atoms with E-state index in [1.54, 1.807) is 29.8 Å². The Bertz CT molecular complexity index is 1160. The molecule has 0 aliphatic carbocycles. The number of rotatable bonds is 6. The summed E-state index contributed by atoms with van der Waals surface area (Å²) in [6.07, 6.45) is 2.27. The number of hydrogen-bond donors (Lipinski definition) is 3. The molecule has 3 rings (SSSR count). The molecule has 0 saturated heterocycles. The van der Waals surface area contributed by atoms with E-state index in [9.17, 15) is 14.7 Å². The fourth-order valence-electron chi connectivity index (χ4n) is 2.71. The largest absolute Gasteiger partial charge is 0.507 e. The van der Waals surface area contributed by atoms with Gasteiger partial charge < -0.3 is 9.67 Å². The summed E-state index contributed by atoms with van der Waals surface area (Å²) < 4.78 is 3.81.